The van der Waals surface area contributed by atoms with Crippen LogP contribution in [-0.4, -0.2) is 6.54 Å². The predicted octanol–water partition coefficient (Wildman–Crippen LogP) is 5.07. The molecular formula is C22H19FN+. The van der Waals surface area contributed by atoms with Crippen molar-refractivity contribution in [1.82, 2.24) is 4.48 Å². The van der Waals surface area contributed by atoms with Crippen LogP contribution in [0.4, 0.5) is 10.1 Å². The highest BCUT2D eigenvalue weighted by molar-refractivity contribution is 5.73. The highest BCUT2D eigenvalue weighted by atomic mass is 19.1. The van der Waals surface area contributed by atoms with Crippen molar-refractivity contribution in [3.8, 4) is 11.1 Å². The zero-order valence-electron chi connectivity index (χ0n) is 13.5. The molecule has 0 amide bonds. The molecule has 0 saturated heterocycles. The van der Waals surface area contributed by atoms with Gasteiger partial charge in [0.2, 0.25) is 0 Å². The minimum absolute atomic E-state index is 0.121. The largest absolute Gasteiger partial charge is 0.283 e. The van der Waals surface area contributed by atoms with Crippen molar-refractivity contribution < 1.29 is 4.39 Å². The second-order valence-corrected chi connectivity index (χ2v) is 7.02. The van der Waals surface area contributed by atoms with Gasteiger partial charge in [-0.1, -0.05) is 48.5 Å². The van der Waals surface area contributed by atoms with E-state index >= 15 is 0 Å². The van der Waals surface area contributed by atoms with Gasteiger partial charge < -0.3 is 0 Å². The first-order valence-electron chi connectivity index (χ1n) is 8.56. The SMILES string of the molecule is Fc1ccc2c(c1)CC[N+]21Cc2ccccc2-c2ccccc2C1. The molecule has 0 radical (unpaired) electrons. The molecule has 0 bridgehead atoms. The van der Waals surface area contributed by atoms with Crippen LogP contribution in [0, 0.1) is 5.82 Å². The smallest absolute Gasteiger partial charge is 0.137 e. The molecule has 0 aliphatic carbocycles. The molecule has 2 aliphatic heterocycles. The summed E-state index contributed by atoms with van der Waals surface area (Å²) in [7, 11) is 0. The van der Waals surface area contributed by atoms with E-state index < -0.39 is 0 Å². The summed E-state index contributed by atoms with van der Waals surface area (Å²) in [6.07, 6.45) is 0.956. The standard InChI is InChI=1S/C22H19FN/c23-19-9-10-22-16(13-19)11-12-24(22)14-17-5-1-3-7-20(17)21-8-4-2-6-18(21)15-24/h1-10,13H,11-12,14-15H2/q+1. The van der Waals surface area contributed by atoms with Gasteiger partial charge in [-0.05, 0) is 23.3 Å². The molecule has 24 heavy (non-hydrogen) atoms. The molecule has 2 aliphatic rings. The Balaban J connectivity index is 1.75. The summed E-state index contributed by atoms with van der Waals surface area (Å²) in [6, 6.07) is 22.8. The lowest BCUT2D eigenvalue weighted by Gasteiger charge is -2.34. The van der Waals surface area contributed by atoms with Crippen LogP contribution in [-0.2, 0) is 19.5 Å². The third kappa shape index (κ3) is 1.96. The van der Waals surface area contributed by atoms with E-state index in [2.05, 4.69) is 48.5 Å². The molecule has 1 nitrogen and oxygen atoms in total. The number of nitrogens with zero attached hydrogens (tertiary/aromatic N) is 1. The molecule has 5 rings (SSSR count). The van der Waals surface area contributed by atoms with Gasteiger partial charge in [0.05, 0.1) is 6.54 Å². The summed E-state index contributed by atoms with van der Waals surface area (Å²) < 4.78 is 14.6. The quantitative estimate of drug-likeness (QED) is 0.508. The lowest BCUT2D eigenvalue weighted by molar-refractivity contribution is 0.281. The maximum absolute atomic E-state index is 13.7. The average Bonchev–Trinajstić information content (AvgIpc) is 2.85. The second-order valence-electron chi connectivity index (χ2n) is 7.02. The number of hydrogen-bond donors (Lipinski definition) is 0. The van der Waals surface area contributed by atoms with E-state index in [0.717, 1.165) is 30.5 Å². The van der Waals surface area contributed by atoms with Crippen molar-refractivity contribution in [1.29, 1.82) is 0 Å². The summed E-state index contributed by atoms with van der Waals surface area (Å²) in [5, 5.41) is 0. The summed E-state index contributed by atoms with van der Waals surface area (Å²) in [5.41, 5.74) is 7.94. The predicted molar refractivity (Wildman–Crippen MR) is 96.1 cm³/mol. The molecule has 0 aromatic heterocycles. The van der Waals surface area contributed by atoms with Crippen LogP contribution >= 0.6 is 0 Å². The van der Waals surface area contributed by atoms with Gasteiger partial charge in [0, 0.05) is 29.2 Å². The van der Waals surface area contributed by atoms with Crippen molar-refractivity contribution in [3.63, 3.8) is 0 Å². The summed E-state index contributed by atoms with van der Waals surface area (Å²) >= 11 is 0. The molecular weight excluding hydrogens is 297 g/mol. The molecule has 0 saturated carbocycles. The highest BCUT2D eigenvalue weighted by Gasteiger charge is 2.41. The van der Waals surface area contributed by atoms with E-state index in [-0.39, 0.29) is 5.82 Å². The van der Waals surface area contributed by atoms with E-state index in [9.17, 15) is 4.39 Å². The van der Waals surface area contributed by atoms with Gasteiger partial charge in [-0.3, -0.25) is 4.48 Å². The van der Waals surface area contributed by atoms with E-state index in [1.165, 1.54) is 33.5 Å². The second kappa shape index (κ2) is 5.02. The summed E-state index contributed by atoms with van der Waals surface area (Å²) in [4.78, 5) is 0. The molecule has 3 aromatic carbocycles. The van der Waals surface area contributed by atoms with Crippen molar-refractivity contribution in [2.45, 2.75) is 19.5 Å². The zero-order valence-corrected chi connectivity index (χ0v) is 13.5. The Labute approximate surface area is 141 Å². The van der Waals surface area contributed by atoms with E-state index in [1.807, 2.05) is 6.07 Å². The van der Waals surface area contributed by atoms with Crippen LogP contribution in [0.1, 0.15) is 16.7 Å². The van der Waals surface area contributed by atoms with E-state index in [0.29, 0.717) is 0 Å². The molecule has 0 N–H and O–H groups in total. The van der Waals surface area contributed by atoms with Crippen molar-refractivity contribution >= 4 is 5.69 Å². The van der Waals surface area contributed by atoms with Gasteiger partial charge in [0.15, 0.2) is 0 Å². The fourth-order valence-corrected chi connectivity index (χ4v) is 4.55. The van der Waals surface area contributed by atoms with Gasteiger partial charge in [0.25, 0.3) is 0 Å². The zero-order chi connectivity index (χ0) is 16.1. The molecule has 118 valence electrons. The van der Waals surface area contributed by atoms with Gasteiger partial charge in [-0.15, -0.1) is 0 Å². The van der Waals surface area contributed by atoms with Crippen molar-refractivity contribution in [2.75, 3.05) is 6.54 Å². The van der Waals surface area contributed by atoms with Crippen molar-refractivity contribution in [3.05, 3.63) is 89.2 Å². The molecule has 0 fully saturated rings. The molecule has 1 spiro atoms. The van der Waals surface area contributed by atoms with E-state index in [1.54, 1.807) is 12.1 Å². The molecule has 0 unspecified atom stereocenters. The van der Waals surface area contributed by atoms with Crippen molar-refractivity contribution in [2.24, 2.45) is 0 Å². The Morgan fingerprint density at radius 1 is 0.708 bits per heavy atom. The fraction of sp³-hybridized carbons (Fsp3) is 0.182. The van der Waals surface area contributed by atoms with Crippen LogP contribution in [0.3, 0.4) is 0 Å². The number of quaternary nitrogens is 1. The third-order valence-corrected chi connectivity index (χ3v) is 5.63. The topological polar surface area (TPSA) is 0 Å². The molecule has 0 atom stereocenters. The Bertz CT molecular complexity index is 897. The van der Waals surface area contributed by atoms with Gasteiger partial charge in [-0.2, -0.15) is 0 Å². The maximum atomic E-state index is 13.7. The number of halogens is 1. The molecule has 3 aromatic rings. The first-order valence-corrected chi connectivity index (χ1v) is 8.56. The van der Waals surface area contributed by atoms with Crippen LogP contribution in [0.25, 0.3) is 11.1 Å². The number of fused-ring (bicyclic) bond motifs is 5. The first-order chi connectivity index (χ1) is 11.8. The summed E-state index contributed by atoms with van der Waals surface area (Å²) in [5.74, 6) is -0.121. The van der Waals surface area contributed by atoms with Gasteiger partial charge in [0.1, 0.15) is 24.6 Å². The normalized spacial score (nSPS) is 17.0. The molecule has 2 heterocycles. The third-order valence-electron chi connectivity index (χ3n) is 5.63. The number of hydrogen-bond acceptors (Lipinski definition) is 0. The lowest BCUT2D eigenvalue weighted by atomic mass is 9.97. The van der Waals surface area contributed by atoms with Gasteiger partial charge >= 0.3 is 0 Å². The Morgan fingerprint density at radius 2 is 1.33 bits per heavy atom. The monoisotopic (exact) mass is 316 g/mol. The minimum Gasteiger partial charge on any atom is -0.283 e. The van der Waals surface area contributed by atoms with Crippen LogP contribution in [0.5, 0.6) is 0 Å². The summed E-state index contributed by atoms with van der Waals surface area (Å²) in [6.45, 7) is 2.99. The lowest BCUT2D eigenvalue weighted by Crippen LogP contribution is -2.45. The van der Waals surface area contributed by atoms with Crippen LogP contribution < -0.4 is 4.48 Å². The number of rotatable bonds is 0. The van der Waals surface area contributed by atoms with E-state index in [4.69, 9.17) is 0 Å². The average molecular weight is 316 g/mol. The maximum Gasteiger partial charge on any atom is 0.137 e. The number of benzene rings is 3. The van der Waals surface area contributed by atoms with Crippen LogP contribution in [0.15, 0.2) is 66.7 Å². The van der Waals surface area contributed by atoms with Gasteiger partial charge in [-0.25, -0.2) is 4.39 Å². The Hall–Kier alpha value is -2.45. The first kappa shape index (κ1) is 13.9. The Morgan fingerprint density at radius 3 is 2.00 bits per heavy atom. The van der Waals surface area contributed by atoms with Crippen LogP contribution in [0.2, 0.25) is 0 Å². The molecule has 2 heteroatoms. The Kier molecular flexibility index (Phi) is 2.92. The fourth-order valence-electron chi connectivity index (χ4n) is 4.55. The minimum atomic E-state index is -0.121. The highest BCUT2D eigenvalue weighted by Crippen LogP contribution is 2.43.